The largest absolute Gasteiger partial charge is 0.229 e. The lowest BCUT2D eigenvalue weighted by molar-refractivity contribution is 0.514. The lowest BCUT2D eigenvalue weighted by Gasteiger charge is -2.25. The summed E-state index contributed by atoms with van der Waals surface area (Å²) >= 11 is 5.22. The van der Waals surface area contributed by atoms with Gasteiger partial charge in [-0.1, -0.05) is 22.0 Å². The first-order valence-electron chi connectivity index (χ1n) is 5.14. The molecular formula is C11H13BrO2S2. The fourth-order valence-corrected chi connectivity index (χ4v) is 5.03. The number of sulfone groups is 1. The van der Waals surface area contributed by atoms with Crippen LogP contribution in [0.3, 0.4) is 0 Å². The van der Waals surface area contributed by atoms with Crippen LogP contribution in [0.2, 0.25) is 0 Å². The molecule has 1 fully saturated rings. The van der Waals surface area contributed by atoms with Crippen LogP contribution in [-0.4, -0.2) is 25.7 Å². The molecule has 0 aromatic heterocycles. The summed E-state index contributed by atoms with van der Waals surface area (Å²) in [6.45, 7) is 0. The van der Waals surface area contributed by atoms with Crippen molar-refractivity contribution in [2.24, 2.45) is 5.92 Å². The van der Waals surface area contributed by atoms with Gasteiger partial charge in [-0.15, -0.1) is 11.8 Å². The molecule has 5 heteroatoms. The zero-order valence-corrected chi connectivity index (χ0v) is 11.9. The quantitative estimate of drug-likeness (QED) is 0.800. The van der Waals surface area contributed by atoms with E-state index in [1.807, 2.05) is 12.1 Å². The van der Waals surface area contributed by atoms with Crippen LogP contribution in [0.15, 0.2) is 33.6 Å². The molecule has 16 heavy (non-hydrogen) atoms. The molecule has 1 aromatic rings. The van der Waals surface area contributed by atoms with Gasteiger partial charge in [0.15, 0.2) is 9.84 Å². The molecule has 0 atom stereocenters. The average Bonchev–Trinajstić information content (AvgIpc) is 2.15. The van der Waals surface area contributed by atoms with Crippen molar-refractivity contribution in [2.75, 3.05) is 17.3 Å². The van der Waals surface area contributed by atoms with Gasteiger partial charge >= 0.3 is 0 Å². The molecule has 0 aliphatic carbocycles. The number of benzene rings is 1. The maximum atomic E-state index is 11.0. The van der Waals surface area contributed by atoms with Crippen LogP contribution in [0, 0.1) is 5.92 Å². The number of halogens is 1. The maximum absolute atomic E-state index is 11.0. The van der Waals surface area contributed by atoms with Crippen LogP contribution in [0.1, 0.15) is 6.42 Å². The molecule has 1 saturated heterocycles. The van der Waals surface area contributed by atoms with Crippen molar-refractivity contribution in [1.29, 1.82) is 0 Å². The summed E-state index contributed by atoms with van der Waals surface area (Å²) in [6.07, 6.45) is 0.996. The minimum atomic E-state index is -2.65. The Bertz CT molecular complexity index is 459. The van der Waals surface area contributed by atoms with Crippen molar-refractivity contribution in [3.05, 3.63) is 28.7 Å². The van der Waals surface area contributed by atoms with Crippen LogP contribution in [0.25, 0.3) is 0 Å². The van der Waals surface area contributed by atoms with Gasteiger partial charge < -0.3 is 0 Å². The summed E-state index contributed by atoms with van der Waals surface area (Å²) in [6, 6.07) is 8.18. The number of hydrogen-bond donors (Lipinski definition) is 0. The fraction of sp³-hybridized carbons (Fsp3) is 0.455. The highest BCUT2D eigenvalue weighted by Crippen LogP contribution is 2.27. The first-order chi connectivity index (χ1) is 7.55. The van der Waals surface area contributed by atoms with E-state index in [0.717, 1.165) is 16.6 Å². The Balaban J connectivity index is 1.73. The Kier molecular flexibility index (Phi) is 3.97. The Morgan fingerprint density at radius 3 is 2.75 bits per heavy atom. The summed E-state index contributed by atoms with van der Waals surface area (Å²) in [7, 11) is -2.65. The molecule has 1 aliphatic heterocycles. The van der Waals surface area contributed by atoms with Crippen LogP contribution in [-0.2, 0) is 9.84 Å². The monoisotopic (exact) mass is 320 g/mol. The van der Waals surface area contributed by atoms with Gasteiger partial charge in [-0.05, 0) is 36.3 Å². The highest BCUT2D eigenvalue weighted by Gasteiger charge is 2.32. The van der Waals surface area contributed by atoms with E-state index in [4.69, 9.17) is 0 Å². The van der Waals surface area contributed by atoms with Crippen molar-refractivity contribution in [1.82, 2.24) is 0 Å². The third kappa shape index (κ3) is 3.50. The molecule has 0 radical (unpaired) electrons. The SMILES string of the molecule is O=S1(=O)CC(CCSc2cccc(Br)c2)C1. The second kappa shape index (κ2) is 5.10. The summed E-state index contributed by atoms with van der Waals surface area (Å²) in [5.74, 6) is 2.18. The molecule has 2 nitrogen and oxygen atoms in total. The van der Waals surface area contributed by atoms with Gasteiger partial charge in [0.1, 0.15) is 0 Å². The number of hydrogen-bond acceptors (Lipinski definition) is 3. The zero-order valence-electron chi connectivity index (χ0n) is 8.73. The average molecular weight is 321 g/mol. The third-order valence-corrected chi connectivity index (χ3v) is 6.05. The molecular weight excluding hydrogens is 308 g/mol. The predicted octanol–water partition coefficient (Wildman–Crippen LogP) is 2.98. The molecule has 1 aromatic carbocycles. The normalized spacial score (nSPS) is 19.3. The second-order valence-corrected chi connectivity index (χ2v) is 8.28. The van der Waals surface area contributed by atoms with Crippen molar-refractivity contribution in [2.45, 2.75) is 11.3 Å². The summed E-state index contributed by atoms with van der Waals surface area (Å²) < 4.78 is 23.0. The van der Waals surface area contributed by atoms with E-state index in [1.165, 1.54) is 4.90 Å². The molecule has 1 heterocycles. The molecule has 0 bridgehead atoms. The highest BCUT2D eigenvalue weighted by atomic mass is 79.9. The fourth-order valence-electron chi connectivity index (χ4n) is 1.74. The summed E-state index contributed by atoms with van der Waals surface area (Å²) in [4.78, 5) is 1.23. The van der Waals surface area contributed by atoms with Gasteiger partial charge in [0.05, 0.1) is 11.5 Å². The van der Waals surface area contributed by atoms with Gasteiger partial charge in [0, 0.05) is 9.37 Å². The number of thioether (sulfide) groups is 1. The zero-order chi connectivity index (χ0) is 11.6. The molecule has 0 amide bonds. The second-order valence-electron chi connectivity index (χ2n) is 4.04. The predicted molar refractivity (Wildman–Crippen MR) is 71.6 cm³/mol. The van der Waals surface area contributed by atoms with Gasteiger partial charge in [0.25, 0.3) is 0 Å². The van der Waals surface area contributed by atoms with Gasteiger partial charge in [-0.3, -0.25) is 0 Å². The smallest absolute Gasteiger partial charge is 0.150 e. The first kappa shape index (κ1) is 12.5. The third-order valence-electron chi connectivity index (χ3n) is 2.57. The first-order valence-corrected chi connectivity index (χ1v) is 8.74. The molecule has 0 N–H and O–H groups in total. The summed E-state index contributed by atoms with van der Waals surface area (Å²) in [5, 5.41) is 0. The van der Waals surface area contributed by atoms with E-state index in [1.54, 1.807) is 11.8 Å². The Hall–Kier alpha value is -0.000000000000000111. The summed E-state index contributed by atoms with van der Waals surface area (Å²) in [5.41, 5.74) is 0. The van der Waals surface area contributed by atoms with Crippen LogP contribution < -0.4 is 0 Å². The Labute approximate surface area is 109 Å². The minimum absolute atomic E-state index is 0.393. The molecule has 2 rings (SSSR count). The van der Waals surface area contributed by atoms with Gasteiger partial charge in [-0.2, -0.15) is 0 Å². The van der Waals surface area contributed by atoms with E-state index in [2.05, 4.69) is 28.1 Å². The Morgan fingerprint density at radius 2 is 2.12 bits per heavy atom. The van der Waals surface area contributed by atoms with Crippen LogP contribution in [0.5, 0.6) is 0 Å². The van der Waals surface area contributed by atoms with E-state index in [9.17, 15) is 8.42 Å². The van der Waals surface area contributed by atoms with Gasteiger partial charge in [0.2, 0.25) is 0 Å². The van der Waals surface area contributed by atoms with Crippen molar-refractivity contribution in [3.8, 4) is 0 Å². The Morgan fingerprint density at radius 1 is 1.38 bits per heavy atom. The lowest BCUT2D eigenvalue weighted by atomic mass is 10.1. The van der Waals surface area contributed by atoms with Gasteiger partial charge in [-0.25, -0.2) is 8.42 Å². The lowest BCUT2D eigenvalue weighted by Crippen LogP contribution is -2.36. The van der Waals surface area contributed by atoms with E-state index in [0.29, 0.717) is 17.4 Å². The van der Waals surface area contributed by atoms with E-state index >= 15 is 0 Å². The topological polar surface area (TPSA) is 34.1 Å². The highest BCUT2D eigenvalue weighted by molar-refractivity contribution is 9.10. The van der Waals surface area contributed by atoms with E-state index in [-0.39, 0.29) is 0 Å². The van der Waals surface area contributed by atoms with E-state index < -0.39 is 9.84 Å². The molecule has 88 valence electrons. The van der Waals surface area contributed by atoms with Crippen LogP contribution >= 0.6 is 27.7 Å². The number of rotatable bonds is 4. The minimum Gasteiger partial charge on any atom is -0.229 e. The molecule has 0 saturated carbocycles. The van der Waals surface area contributed by atoms with Crippen molar-refractivity contribution < 1.29 is 8.42 Å². The van der Waals surface area contributed by atoms with Crippen molar-refractivity contribution in [3.63, 3.8) is 0 Å². The van der Waals surface area contributed by atoms with Crippen molar-refractivity contribution >= 4 is 37.5 Å². The maximum Gasteiger partial charge on any atom is 0.150 e. The van der Waals surface area contributed by atoms with Crippen LogP contribution in [0.4, 0.5) is 0 Å². The molecule has 0 spiro atoms. The standard InChI is InChI=1S/C11H13BrO2S2/c12-10-2-1-3-11(6-10)15-5-4-9-7-16(13,14)8-9/h1-3,6,9H,4-5,7-8H2. The molecule has 1 aliphatic rings. The molecule has 0 unspecified atom stereocenters.